The van der Waals surface area contributed by atoms with E-state index >= 15 is 0 Å². The zero-order valence-corrected chi connectivity index (χ0v) is 29.3. The average molecular weight is 636 g/mol. The summed E-state index contributed by atoms with van der Waals surface area (Å²) in [6, 6.07) is 50.5. The van der Waals surface area contributed by atoms with Gasteiger partial charge in [0.15, 0.2) is 0 Å². The first-order chi connectivity index (χ1) is 23.8. The third-order valence-corrected chi connectivity index (χ3v) is 12.1. The first kappa shape index (κ1) is 30.2. The van der Waals surface area contributed by atoms with E-state index in [2.05, 4.69) is 166 Å². The second-order valence-electron chi connectivity index (χ2n) is 15.6. The Labute approximate surface area is 292 Å². The van der Waals surface area contributed by atoms with Gasteiger partial charge in [-0.25, -0.2) is 0 Å². The van der Waals surface area contributed by atoms with E-state index in [0.717, 1.165) is 0 Å². The van der Waals surface area contributed by atoms with Crippen molar-refractivity contribution in [1.82, 2.24) is 0 Å². The minimum absolute atomic E-state index is 0.0250. The van der Waals surface area contributed by atoms with Gasteiger partial charge in [-0.05, 0) is 122 Å². The summed E-state index contributed by atoms with van der Waals surface area (Å²) in [5.41, 5.74) is 18.7. The van der Waals surface area contributed by atoms with Crippen LogP contribution >= 0.6 is 0 Å². The second kappa shape index (κ2) is 11.3. The summed E-state index contributed by atoms with van der Waals surface area (Å²) in [6.07, 6.45) is 6.74. The maximum atomic E-state index is 2.48. The highest BCUT2D eigenvalue weighted by Crippen LogP contribution is 2.55. The minimum atomic E-state index is -0.165. The van der Waals surface area contributed by atoms with Gasteiger partial charge in [0, 0.05) is 27.9 Å². The molecule has 3 aliphatic rings. The highest BCUT2D eigenvalue weighted by Gasteiger charge is 2.39. The summed E-state index contributed by atoms with van der Waals surface area (Å²) >= 11 is 0. The van der Waals surface area contributed by atoms with Gasteiger partial charge in [0.25, 0.3) is 0 Å². The lowest BCUT2D eigenvalue weighted by Crippen LogP contribution is -2.18. The maximum Gasteiger partial charge on any atom is 0.0465 e. The third kappa shape index (κ3) is 4.73. The molecule has 242 valence electrons. The molecule has 9 rings (SSSR count). The number of hydrogen-bond acceptors (Lipinski definition) is 1. The van der Waals surface area contributed by atoms with Gasteiger partial charge in [-0.1, -0.05) is 138 Å². The number of rotatable bonds is 5. The van der Waals surface area contributed by atoms with Gasteiger partial charge < -0.3 is 4.90 Å². The van der Waals surface area contributed by atoms with Crippen LogP contribution in [0.25, 0.3) is 33.4 Å². The lowest BCUT2D eigenvalue weighted by molar-refractivity contribution is 0.443. The predicted octanol–water partition coefficient (Wildman–Crippen LogP) is 13.5. The Bertz CT molecular complexity index is 2200. The van der Waals surface area contributed by atoms with Gasteiger partial charge in [-0.15, -0.1) is 0 Å². The Hall–Kier alpha value is -4.88. The molecule has 0 radical (unpaired) electrons. The molecule has 0 bridgehead atoms. The standard InChI is InChI=1S/C48H45N/c1-47(2)43-21-12-11-18-39(43)40-28-24-34(30-44(40)47)38-19-13-20-42-41-29-27-37(31-45(41)48(3,4)46(38)42)49(35-16-9-6-10-17-35)36-25-22-33(23-26-36)32-14-7-5-8-15-32/h6,9-13,16-32H,5,7-8,14-15H2,1-4H3. The fraction of sp³-hybridized carbons (Fsp3) is 0.250. The zero-order valence-electron chi connectivity index (χ0n) is 29.3. The van der Waals surface area contributed by atoms with E-state index in [0.29, 0.717) is 5.92 Å². The molecule has 6 aromatic carbocycles. The first-order valence-corrected chi connectivity index (χ1v) is 18.3. The Kier molecular flexibility index (Phi) is 6.99. The molecule has 0 aromatic heterocycles. The van der Waals surface area contributed by atoms with Crippen molar-refractivity contribution < 1.29 is 0 Å². The highest BCUT2D eigenvalue weighted by atomic mass is 15.1. The van der Waals surface area contributed by atoms with E-state index in [9.17, 15) is 0 Å². The van der Waals surface area contributed by atoms with Crippen LogP contribution in [0.5, 0.6) is 0 Å². The minimum Gasteiger partial charge on any atom is -0.310 e. The predicted molar refractivity (Wildman–Crippen MR) is 208 cm³/mol. The molecular weight excluding hydrogens is 591 g/mol. The van der Waals surface area contributed by atoms with Crippen LogP contribution in [0.2, 0.25) is 0 Å². The van der Waals surface area contributed by atoms with Crippen LogP contribution in [0.15, 0.2) is 133 Å². The number of hydrogen-bond donors (Lipinski definition) is 0. The number of fused-ring (bicyclic) bond motifs is 6. The van der Waals surface area contributed by atoms with Crippen LogP contribution in [0.4, 0.5) is 17.1 Å². The number of para-hydroxylation sites is 1. The largest absolute Gasteiger partial charge is 0.310 e. The van der Waals surface area contributed by atoms with Crippen LogP contribution in [-0.2, 0) is 10.8 Å². The first-order valence-electron chi connectivity index (χ1n) is 18.3. The van der Waals surface area contributed by atoms with Gasteiger partial charge in [0.05, 0.1) is 0 Å². The van der Waals surface area contributed by atoms with Crippen LogP contribution < -0.4 is 4.90 Å². The molecule has 0 unspecified atom stereocenters. The van der Waals surface area contributed by atoms with Crippen LogP contribution in [0, 0.1) is 0 Å². The topological polar surface area (TPSA) is 3.24 Å². The Balaban J connectivity index is 1.12. The summed E-state index contributed by atoms with van der Waals surface area (Å²) in [4.78, 5) is 2.44. The molecule has 0 atom stereocenters. The molecule has 1 saturated carbocycles. The third-order valence-electron chi connectivity index (χ3n) is 12.1. The lowest BCUT2D eigenvalue weighted by atomic mass is 9.77. The molecular formula is C48H45N. The number of benzene rings is 6. The van der Waals surface area contributed by atoms with E-state index < -0.39 is 0 Å². The summed E-state index contributed by atoms with van der Waals surface area (Å²) < 4.78 is 0. The molecule has 1 nitrogen and oxygen atoms in total. The van der Waals surface area contributed by atoms with Crippen molar-refractivity contribution in [3.05, 3.63) is 161 Å². The lowest BCUT2D eigenvalue weighted by Gasteiger charge is -2.29. The molecule has 1 heteroatoms. The molecule has 49 heavy (non-hydrogen) atoms. The summed E-state index contributed by atoms with van der Waals surface area (Å²) in [7, 11) is 0. The molecule has 0 aliphatic heterocycles. The molecule has 0 saturated heterocycles. The van der Waals surface area contributed by atoms with Crippen LogP contribution in [-0.4, -0.2) is 0 Å². The highest BCUT2D eigenvalue weighted by molar-refractivity contribution is 5.92. The van der Waals surface area contributed by atoms with Crippen molar-refractivity contribution >= 4 is 17.1 Å². The smallest absolute Gasteiger partial charge is 0.0465 e. The fourth-order valence-corrected chi connectivity index (χ4v) is 9.48. The van der Waals surface area contributed by atoms with Gasteiger partial charge in [0.1, 0.15) is 0 Å². The average Bonchev–Trinajstić information content (AvgIpc) is 3.52. The van der Waals surface area contributed by atoms with Crippen molar-refractivity contribution in [3.8, 4) is 33.4 Å². The van der Waals surface area contributed by atoms with E-state index in [4.69, 9.17) is 0 Å². The summed E-state index contributed by atoms with van der Waals surface area (Å²) in [6.45, 7) is 9.59. The van der Waals surface area contributed by atoms with E-state index in [1.807, 2.05) is 0 Å². The molecule has 1 fully saturated rings. The van der Waals surface area contributed by atoms with E-state index in [1.54, 1.807) is 0 Å². The molecule has 3 aliphatic carbocycles. The number of nitrogens with zero attached hydrogens (tertiary/aromatic N) is 1. The molecule has 0 heterocycles. The van der Waals surface area contributed by atoms with Crippen molar-refractivity contribution in [2.45, 2.75) is 76.5 Å². The Morgan fingerprint density at radius 1 is 0.449 bits per heavy atom. The fourth-order valence-electron chi connectivity index (χ4n) is 9.48. The Morgan fingerprint density at radius 2 is 1.04 bits per heavy atom. The second-order valence-corrected chi connectivity index (χ2v) is 15.6. The van der Waals surface area contributed by atoms with Crippen molar-refractivity contribution in [3.63, 3.8) is 0 Å². The van der Waals surface area contributed by atoms with Gasteiger partial charge in [0.2, 0.25) is 0 Å². The van der Waals surface area contributed by atoms with Gasteiger partial charge in [-0.3, -0.25) is 0 Å². The molecule has 0 N–H and O–H groups in total. The zero-order chi connectivity index (χ0) is 33.3. The van der Waals surface area contributed by atoms with Crippen LogP contribution in [0.3, 0.4) is 0 Å². The molecule has 0 spiro atoms. The van der Waals surface area contributed by atoms with Gasteiger partial charge >= 0.3 is 0 Å². The Morgan fingerprint density at radius 3 is 1.84 bits per heavy atom. The van der Waals surface area contributed by atoms with Crippen molar-refractivity contribution in [2.24, 2.45) is 0 Å². The van der Waals surface area contributed by atoms with Crippen molar-refractivity contribution in [2.75, 3.05) is 4.90 Å². The van der Waals surface area contributed by atoms with Crippen molar-refractivity contribution in [1.29, 1.82) is 0 Å². The number of anilines is 3. The summed E-state index contributed by atoms with van der Waals surface area (Å²) in [5.74, 6) is 0.702. The van der Waals surface area contributed by atoms with Gasteiger partial charge in [-0.2, -0.15) is 0 Å². The van der Waals surface area contributed by atoms with E-state index in [-0.39, 0.29) is 10.8 Å². The maximum absolute atomic E-state index is 2.48. The SMILES string of the molecule is CC1(C)c2ccccc2-c2ccc(-c3cccc4c3C(C)(C)c3cc(N(c5ccccc5)c5ccc(C6CCCCC6)cc5)ccc3-4)cc21. The monoisotopic (exact) mass is 635 g/mol. The normalized spacial score (nSPS) is 16.8. The van der Waals surface area contributed by atoms with E-state index in [1.165, 1.54) is 110 Å². The molecule has 0 amide bonds. The quantitative estimate of drug-likeness (QED) is 0.182. The van der Waals surface area contributed by atoms with Crippen LogP contribution in [0.1, 0.15) is 93.5 Å². The summed E-state index contributed by atoms with van der Waals surface area (Å²) in [5, 5.41) is 0. The molecule has 6 aromatic rings.